The number of halogens is 2. The van der Waals surface area contributed by atoms with Crippen molar-refractivity contribution in [2.45, 2.75) is 10.1 Å². The third kappa shape index (κ3) is 6.22. The van der Waals surface area contributed by atoms with Crippen molar-refractivity contribution in [3.05, 3.63) is 88.5 Å². The van der Waals surface area contributed by atoms with Gasteiger partial charge >= 0.3 is 5.97 Å². The quantitative estimate of drug-likeness (QED) is 0.388. The number of carbonyl (C=O) groups excluding carboxylic acids is 2. The van der Waals surface area contributed by atoms with Gasteiger partial charge in [-0.15, -0.1) is 11.8 Å². The zero-order valence-corrected chi connectivity index (χ0v) is 17.4. The minimum Gasteiger partial charge on any atom is -0.454 e. The van der Waals surface area contributed by atoms with Crippen molar-refractivity contribution in [1.82, 2.24) is 4.98 Å². The highest BCUT2D eigenvalue weighted by Crippen LogP contribution is 2.36. The van der Waals surface area contributed by atoms with Gasteiger partial charge in [-0.3, -0.25) is 9.59 Å². The zero-order valence-electron chi connectivity index (χ0n) is 15.0. The summed E-state index contributed by atoms with van der Waals surface area (Å²) in [6.07, 6.45) is 1.36. The summed E-state index contributed by atoms with van der Waals surface area (Å²) >= 11 is 13.1. The Morgan fingerprint density at radius 2 is 1.69 bits per heavy atom. The third-order valence-corrected chi connectivity index (χ3v) is 5.46. The number of benzene rings is 2. The summed E-state index contributed by atoms with van der Waals surface area (Å²) in [4.78, 5) is 29.7. The van der Waals surface area contributed by atoms with Gasteiger partial charge in [-0.05, 0) is 23.8 Å². The molecule has 3 aromatic rings. The van der Waals surface area contributed by atoms with E-state index in [1.165, 1.54) is 24.0 Å². The molecule has 1 N–H and O–H groups in total. The van der Waals surface area contributed by atoms with Crippen molar-refractivity contribution in [1.29, 1.82) is 0 Å². The molecule has 0 unspecified atom stereocenters. The first-order valence-corrected chi connectivity index (χ1v) is 10.2. The van der Waals surface area contributed by atoms with Gasteiger partial charge in [0.2, 0.25) is 0 Å². The van der Waals surface area contributed by atoms with Gasteiger partial charge in [0.1, 0.15) is 5.25 Å². The van der Waals surface area contributed by atoms with Gasteiger partial charge in [0.25, 0.3) is 5.91 Å². The van der Waals surface area contributed by atoms with Gasteiger partial charge < -0.3 is 10.1 Å². The predicted octanol–water partition coefficient (Wildman–Crippen LogP) is 5.40. The van der Waals surface area contributed by atoms with Crippen LogP contribution < -0.4 is 5.32 Å². The SMILES string of the molecule is O=C(COC(=O)[C@H](Sc1ccccc1)c1ccccc1)Nc1ncc(Cl)cc1Cl. The van der Waals surface area contributed by atoms with E-state index < -0.39 is 23.7 Å². The Labute approximate surface area is 182 Å². The Morgan fingerprint density at radius 1 is 1.03 bits per heavy atom. The van der Waals surface area contributed by atoms with Crippen LogP contribution in [0.25, 0.3) is 0 Å². The second-order valence-electron chi connectivity index (χ2n) is 5.86. The smallest absolute Gasteiger partial charge is 0.324 e. The van der Waals surface area contributed by atoms with E-state index >= 15 is 0 Å². The Bertz CT molecular complexity index is 988. The van der Waals surface area contributed by atoms with E-state index in [-0.39, 0.29) is 10.8 Å². The first kappa shape index (κ1) is 21.2. The van der Waals surface area contributed by atoms with Crippen LogP contribution in [-0.2, 0) is 14.3 Å². The summed E-state index contributed by atoms with van der Waals surface area (Å²) in [5.41, 5.74) is 0.786. The van der Waals surface area contributed by atoms with E-state index in [2.05, 4.69) is 10.3 Å². The van der Waals surface area contributed by atoms with Crippen molar-refractivity contribution >= 4 is 52.7 Å². The van der Waals surface area contributed by atoms with E-state index in [1.807, 2.05) is 60.7 Å². The molecule has 0 aliphatic heterocycles. The number of hydrogen-bond acceptors (Lipinski definition) is 5. The highest BCUT2D eigenvalue weighted by atomic mass is 35.5. The maximum absolute atomic E-state index is 12.7. The molecule has 29 heavy (non-hydrogen) atoms. The van der Waals surface area contributed by atoms with Crippen LogP contribution in [0.1, 0.15) is 10.8 Å². The van der Waals surface area contributed by atoms with E-state index in [4.69, 9.17) is 27.9 Å². The maximum Gasteiger partial charge on any atom is 0.324 e. The summed E-state index contributed by atoms with van der Waals surface area (Å²) in [7, 11) is 0. The lowest BCUT2D eigenvalue weighted by atomic mass is 10.1. The van der Waals surface area contributed by atoms with Gasteiger partial charge in [-0.1, -0.05) is 71.7 Å². The maximum atomic E-state index is 12.7. The summed E-state index contributed by atoms with van der Waals surface area (Å²) in [5.74, 6) is -0.919. The van der Waals surface area contributed by atoms with Gasteiger partial charge in [0.15, 0.2) is 12.4 Å². The molecule has 1 heterocycles. The van der Waals surface area contributed by atoms with Crippen LogP contribution in [0.5, 0.6) is 0 Å². The number of nitrogens with zero attached hydrogens (tertiary/aromatic N) is 1. The molecule has 1 atom stereocenters. The number of aromatic nitrogens is 1. The summed E-state index contributed by atoms with van der Waals surface area (Å²) in [5, 5.41) is 2.43. The molecular formula is C21H16Cl2N2O3S. The number of thioether (sulfide) groups is 1. The number of nitrogens with one attached hydrogen (secondary N) is 1. The molecule has 1 amide bonds. The highest BCUT2D eigenvalue weighted by Gasteiger charge is 2.24. The molecule has 8 heteroatoms. The molecule has 2 aromatic carbocycles. The van der Waals surface area contributed by atoms with Crippen LogP contribution in [0.15, 0.2) is 77.8 Å². The van der Waals surface area contributed by atoms with Crippen molar-refractivity contribution in [3.63, 3.8) is 0 Å². The fourth-order valence-corrected chi connectivity index (χ4v) is 3.87. The Balaban J connectivity index is 1.65. The van der Waals surface area contributed by atoms with Crippen LogP contribution in [-0.4, -0.2) is 23.5 Å². The largest absolute Gasteiger partial charge is 0.454 e. The van der Waals surface area contributed by atoms with Crippen LogP contribution in [0, 0.1) is 0 Å². The molecule has 0 spiro atoms. The third-order valence-electron chi connectivity index (χ3n) is 3.72. The predicted molar refractivity (Wildman–Crippen MR) is 115 cm³/mol. The monoisotopic (exact) mass is 446 g/mol. The van der Waals surface area contributed by atoms with Crippen LogP contribution in [0.3, 0.4) is 0 Å². The van der Waals surface area contributed by atoms with E-state index in [9.17, 15) is 9.59 Å². The highest BCUT2D eigenvalue weighted by molar-refractivity contribution is 8.00. The number of carbonyl (C=O) groups is 2. The van der Waals surface area contributed by atoms with E-state index in [1.54, 1.807) is 0 Å². The van der Waals surface area contributed by atoms with Gasteiger partial charge in [-0.25, -0.2) is 4.98 Å². The molecule has 0 radical (unpaired) electrons. The summed E-state index contributed by atoms with van der Waals surface area (Å²) in [6, 6.07) is 20.2. The van der Waals surface area contributed by atoms with Crippen molar-refractivity contribution in [3.8, 4) is 0 Å². The van der Waals surface area contributed by atoms with Gasteiger partial charge in [0.05, 0.1) is 10.0 Å². The second kappa shape index (κ2) is 10.3. The number of anilines is 1. The number of pyridine rings is 1. The normalized spacial score (nSPS) is 11.5. The molecule has 0 saturated carbocycles. The minimum atomic E-state index is -0.608. The van der Waals surface area contributed by atoms with Crippen LogP contribution in [0.4, 0.5) is 5.82 Å². The van der Waals surface area contributed by atoms with Crippen molar-refractivity contribution < 1.29 is 14.3 Å². The first-order valence-electron chi connectivity index (χ1n) is 8.57. The fraction of sp³-hybridized carbons (Fsp3) is 0.0952. The lowest BCUT2D eigenvalue weighted by Gasteiger charge is -2.16. The molecule has 0 fully saturated rings. The van der Waals surface area contributed by atoms with Crippen molar-refractivity contribution in [2.75, 3.05) is 11.9 Å². The van der Waals surface area contributed by atoms with Crippen LogP contribution in [0.2, 0.25) is 10.0 Å². The lowest BCUT2D eigenvalue weighted by Crippen LogP contribution is -2.23. The molecule has 5 nitrogen and oxygen atoms in total. The van der Waals surface area contributed by atoms with Crippen LogP contribution >= 0.6 is 35.0 Å². The second-order valence-corrected chi connectivity index (χ2v) is 7.88. The molecule has 148 valence electrons. The van der Waals surface area contributed by atoms with Gasteiger partial charge in [0, 0.05) is 11.1 Å². The number of rotatable bonds is 7. The Hall–Kier alpha value is -2.54. The number of ether oxygens (including phenoxy) is 1. The Kier molecular flexibility index (Phi) is 7.52. The number of hydrogen-bond donors (Lipinski definition) is 1. The molecular weight excluding hydrogens is 431 g/mol. The molecule has 0 saturated heterocycles. The average molecular weight is 447 g/mol. The first-order chi connectivity index (χ1) is 14.0. The minimum absolute atomic E-state index is 0.149. The lowest BCUT2D eigenvalue weighted by molar-refractivity contribution is -0.146. The molecule has 1 aromatic heterocycles. The topological polar surface area (TPSA) is 68.3 Å². The van der Waals surface area contributed by atoms with Crippen molar-refractivity contribution in [2.24, 2.45) is 0 Å². The van der Waals surface area contributed by atoms with E-state index in [0.717, 1.165) is 10.5 Å². The van der Waals surface area contributed by atoms with Gasteiger partial charge in [-0.2, -0.15) is 0 Å². The average Bonchev–Trinajstić information content (AvgIpc) is 2.74. The fourth-order valence-electron chi connectivity index (χ4n) is 2.40. The van der Waals surface area contributed by atoms with E-state index in [0.29, 0.717) is 5.02 Å². The standard InChI is InChI=1S/C21H16Cl2N2O3S/c22-15-11-17(23)20(24-12-15)25-18(26)13-28-21(27)19(14-7-3-1-4-8-14)29-16-9-5-2-6-10-16/h1-12,19H,13H2,(H,24,25,26)/t19-/m1/s1. The summed E-state index contributed by atoms with van der Waals surface area (Å²) in [6.45, 7) is -0.460. The molecule has 0 aliphatic carbocycles. The molecule has 0 bridgehead atoms. The number of esters is 1. The Morgan fingerprint density at radius 3 is 2.34 bits per heavy atom. The summed E-state index contributed by atoms with van der Waals surface area (Å²) < 4.78 is 5.26. The zero-order chi connectivity index (χ0) is 20.6. The molecule has 3 rings (SSSR count). The number of amides is 1. The molecule has 0 aliphatic rings.